The Morgan fingerprint density at radius 1 is 1.21 bits per heavy atom. The number of hydrogen-bond donors (Lipinski definition) is 2. The van der Waals surface area contributed by atoms with Gasteiger partial charge in [0.05, 0.1) is 0 Å². The van der Waals surface area contributed by atoms with Crippen molar-refractivity contribution in [1.82, 2.24) is 15.3 Å². The highest BCUT2D eigenvalue weighted by atomic mass is 19.1. The van der Waals surface area contributed by atoms with Gasteiger partial charge in [0.2, 0.25) is 0 Å². The molecule has 1 heterocycles. The van der Waals surface area contributed by atoms with E-state index >= 15 is 0 Å². The predicted octanol–water partition coefficient (Wildman–Crippen LogP) is 2.92. The van der Waals surface area contributed by atoms with Crippen molar-refractivity contribution >= 4 is 11.7 Å². The Labute approximate surface area is 138 Å². The van der Waals surface area contributed by atoms with Gasteiger partial charge in [0.25, 0.3) is 0 Å². The van der Waals surface area contributed by atoms with Gasteiger partial charge in [0.15, 0.2) is 0 Å². The first-order chi connectivity index (χ1) is 11.5. The lowest BCUT2D eigenvalue weighted by atomic mass is 10.2. The lowest BCUT2D eigenvalue weighted by Crippen LogP contribution is -2.31. The lowest BCUT2D eigenvalue weighted by molar-refractivity contribution is 0.252. The van der Waals surface area contributed by atoms with Crippen LogP contribution < -0.4 is 10.6 Å². The zero-order valence-electron chi connectivity index (χ0n) is 13.3. The zero-order valence-corrected chi connectivity index (χ0v) is 13.3. The second kappa shape index (κ2) is 6.90. The standard InChI is InChI=1S/C17H18F2N4O/c1-10-11-4-2-7-14(11)22-15(21-10)8-9-20-17(24)23-16-12(18)5-3-6-13(16)19/h3,5-6H,2,4,7-9H2,1H3,(H2,20,23,24). The summed E-state index contributed by atoms with van der Waals surface area (Å²) in [6, 6.07) is 2.73. The van der Waals surface area contributed by atoms with Crippen molar-refractivity contribution in [3.8, 4) is 0 Å². The Kier molecular flexibility index (Phi) is 4.69. The van der Waals surface area contributed by atoms with Crippen LogP contribution in [0.2, 0.25) is 0 Å². The van der Waals surface area contributed by atoms with Crippen LogP contribution in [-0.4, -0.2) is 22.5 Å². The number of aryl methyl sites for hydroxylation is 2. The Morgan fingerprint density at radius 3 is 2.71 bits per heavy atom. The van der Waals surface area contributed by atoms with Crippen molar-refractivity contribution in [3.63, 3.8) is 0 Å². The van der Waals surface area contributed by atoms with Crippen molar-refractivity contribution in [2.24, 2.45) is 0 Å². The predicted molar refractivity (Wildman–Crippen MR) is 85.9 cm³/mol. The van der Waals surface area contributed by atoms with Gasteiger partial charge in [0, 0.05) is 24.4 Å². The van der Waals surface area contributed by atoms with Gasteiger partial charge >= 0.3 is 6.03 Å². The maximum absolute atomic E-state index is 13.5. The van der Waals surface area contributed by atoms with Gasteiger partial charge < -0.3 is 10.6 Å². The number of amides is 2. The second-order valence-electron chi connectivity index (χ2n) is 5.73. The largest absolute Gasteiger partial charge is 0.337 e. The number of nitrogens with one attached hydrogen (secondary N) is 2. The number of carbonyl (C=O) groups excluding carboxylic acids is 1. The molecule has 0 radical (unpaired) electrons. The fraction of sp³-hybridized carbons (Fsp3) is 0.353. The number of para-hydroxylation sites is 1. The van der Waals surface area contributed by atoms with E-state index in [1.165, 1.54) is 11.6 Å². The molecule has 1 aromatic heterocycles. The molecule has 0 fully saturated rings. The van der Waals surface area contributed by atoms with Crippen molar-refractivity contribution in [2.75, 3.05) is 11.9 Å². The molecule has 24 heavy (non-hydrogen) atoms. The molecule has 0 spiro atoms. The van der Waals surface area contributed by atoms with E-state index in [4.69, 9.17) is 0 Å². The van der Waals surface area contributed by atoms with Gasteiger partial charge in [-0.15, -0.1) is 0 Å². The Hall–Kier alpha value is -2.57. The fourth-order valence-corrected chi connectivity index (χ4v) is 2.86. The summed E-state index contributed by atoms with van der Waals surface area (Å²) < 4.78 is 26.9. The number of benzene rings is 1. The Bertz CT molecular complexity index is 759. The lowest BCUT2D eigenvalue weighted by Gasteiger charge is -2.10. The van der Waals surface area contributed by atoms with Crippen LogP contribution in [0.5, 0.6) is 0 Å². The first kappa shape index (κ1) is 16.3. The van der Waals surface area contributed by atoms with E-state index in [2.05, 4.69) is 20.6 Å². The van der Waals surface area contributed by atoms with Crippen LogP contribution in [0.25, 0.3) is 0 Å². The summed E-state index contributed by atoms with van der Waals surface area (Å²) in [7, 11) is 0. The van der Waals surface area contributed by atoms with E-state index < -0.39 is 23.4 Å². The Balaban J connectivity index is 1.55. The Morgan fingerprint density at radius 2 is 1.96 bits per heavy atom. The number of fused-ring (bicyclic) bond motifs is 1. The number of rotatable bonds is 4. The molecule has 7 heteroatoms. The molecule has 5 nitrogen and oxygen atoms in total. The number of hydrogen-bond acceptors (Lipinski definition) is 3. The van der Waals surface area contributed by atoms with Gasteiger partial charge in [0.1, 0.15) is 23.1 Å². The average Bonchev–Trinajstić information content (AvgIpc) is 3.00. The maximum Gasteiger partial charge on any atom is 0.319 e. The van der Waals surface area contributed by atoms with Gasteiger partial charge in [-0.05, 0) is 43.9 Å². The van der Waals surface area contributed by atoms with Gasteiger partial charge in [-0.25, -0.2) is 23.5 Å². The molecule has 2 aromatic rings. The molecule has 2 amide bonds. The number of anilines is 1. The molecule has 0 saturated carbocycles. The van der Waals surface area contributed by atoms with Crippen LogP contribution in [-0.2, 0) is 19.3 Å². The fourth-order valence-electron chi connectivity index (χ4n) is 2.86. The van der Waals surface area contributed by atoms with Crippen LogP contribution in [0.4, 0.5) is 19.3 Å². The van der Waals surface area contributed by atoms with Crippen molar-refractivity contribution < 1.29 is 13.6 Å². The SMILES string of the molecule is Cc1nc(CCNC(=O)Nc2c(F)cccc2F)nc2c1CCC2. The van der Waals surface area contributed by atoms with E-state index in [9.17, 15) is 13.6 Å². The van der Waals surface area contributed by atoms with Crippen LogP contribution in [0, 0.1) is 18.6 Å². The molecular weight excluding hydrogens is 314 g/mol. The summed E-state index contributed by atoms with van der Waals surface area (Å²) in [5.41, 5.74) is 2.86. The van der Waals surface area contributed by atoms with E-state index in [0.29, 0.717) is 12.2 Å². The molecule has 0 bridgehead atoms. The summed E-state index contributed by atoms with van der Waals surface area (Å²) in [6.07, 6.45) is 3.55. The summed E-state index contributed by atoms with van der Waals surface area (Å²) in [5.74, 6) is -0.962. The molecular formula is C17H18F2N4O. The molecule has 0 unspecified atom stereocenters. The van der Waals surface area contributed by atoms with Crippen LogP contribution in [0.3, 0.4) is 0 Å². The average molecular weight is 332 g/mol. The van der Waals surface area contributed by atoms with Crippen LogP contribution >= 0.6 is 0 Å². The monoisotopic (exact) mass is 332 g/mol. The highest BCUT2D eigenvalue weighted by Gasteiger charge is 2.17. The molecule has 0 atom stereocenters. The van der Waals surface area contributed by atoms with Crippen LogP contribution in [0.15, 0.2) is 18.2 Å². The smallest absolute Gasteiger partial charge is 0.319 e. The van der Waals surface area contributed by atoms with E-state index in [1.54, 1.807) is 0 Å². The van der Waals surface area contributed by atoms with E-state index in [0.717, 1.165) is 42.8 Å². The minimum Gasteiger partial charge on any atom is -0.337 e. The van der Waals surface area contributed by atoms with Gasteiger partial charge in [-0.2, -0.15) is 0 Å². The summed E-state index contributed by atoms with van der Waals surface area (Å²) in [4.78, 5) is 20.7. The molecule has 2 N–H and O–H groups in total. The van der Waals surface area contributed by atoms with Crippen molar-refractivity contribution in [3.05, 3.63) is 52.6 Å². The topological polar surface area (TPSA) is 66.9 Å². The van der Waals surface area contributed by atoms with Gasteiger partial charge in [-0.1, -0.05) is 6.07 Å². The molecule has 0 saturated heterocycles. The maximum atomic E-state index is 13.5. The summed E-state index contributed by atoms with van der Waals surface area (Å²) >= 11 is 0. The third kappa shape index (κ3) is 3.50. The third-order valence-corrected chi connectivity index (χ3v) is 4.02. The number of urea groups is 1. The molecule has 1 aliphatic carbocycles. The highest BCUT2D eigenvalue weighted by molar-refractivity contribution is 5.89. The van der Waals surface area contributed by atoms with E-state index in [-0.39, 0.29) is 6.54 Å². The summed E-state index contributed by atoms with van der Waals surface area (Å²) in [6.45, 7) is 2.25. The summed E-state index contributed by atoms with van der Waals surface area (Å²) in [5, 5.41) is 4.73. The number of nitrogens with zero attached hydrogens (tertiary/aromatic N) is 2. The normalized spacial score (nSPS) is 12.8. The minimum atomic E-state index is -0.817. The quantitative estimate of drug-likeness (QED) is 0.905. The van der Waals surface area contributed by atoms with Gasteiger partial charge in [-0.3, -0.25) is 0 Å². The molecule has 3 rings (SSSR count). The zero-order chi connectivity index (χ0) is 17.1. The first-order valence-corrected chi connectivity index (χ1v) is 7.88. The number of carbonyl (C=O) groups is 1. The molecule has 0 aliphatic heterocycles. The first-order valence-electron chi connectivity index (χ1n) is 7.88. The second-order valence-corrected chi connectivity index (χ2v) is 5.73. The number of aromatic nitrogens is 2. The molecule has 126 valence electrons. The third-order valence-electron chi connectivity index (χ3n) is 4.02. The van der Waals surface area contributed by atoms with Crippen molar-refractivity contribution in [2.45, 2.75) is 32.6 Å². The van der Waals surface area contributed by atoms with E-state index in [1.807, 2.05) is 6.92 Å². The van der Waals surface area contributed by atoms with Crippen molar-refractivity contribution in [1.29, 1.82) is 0 Å². The molecule has 1 aromatic carbocycles. The number of halogens is 2. The van der Waals surface area contributed by atoms with Crippen LogP contribution in [0.1, 0.15) is 29.2 Å². The molecule has 1 aliphatic rings. The highest BCUT2D eigenvalue weighted by Crippen LogP contribution is 2.22. The minimum absolute atomic E-state index is 0.278.